The van der Waals surface area contributed by atoms with Crippen molar-refractivity contribution in [3.05, 3.63) is 59.7 Å². The summed E-state index contributed by atoms with van der Waals surface area (Å²) in [7, 11) is -4.32. The van der Waals surface area contributed by atoms with Crippen molar-refractivity contribution >= 4 is 10.0 Å². The van der Waals surface area contributed by atoms with Crippen molar-refractivity contribution in [2.24, 2.45) is 0 Å². The Bertz CT molecular complexity index is 899. The van der Waals surface area contributed by atoms with Gasteiger partial charge in [-0.25, -0.2) is 8.42 Å². The molecule has 2 aromatic carbocycles. The number of fused-ring (bicyclic) bond motifs is 1. The van der Waals surface area contributed by atoms with Crippen LogP contribution in [0.15, 0.2) is 53.4 Å². The van der Waals surface area contributed by atoms with E-state index < -0.39 is 39.7 Å². The molecule has 0 bridgehead atoms. The van der Waals surface area contributed by atoms with Gasteiger partial charge >= 0.3 is 6.36 Å². The Morgan fingerprint density at radius 2 is 1.77 bits per heavy atom. The van der Waals surface area contributed by atoms with Crippen LogP contribution in [0.1, 0.15) is 17.2 Å². The van der Waals surface area contributed by atoms with Crippen LogP contribution in [0, 0.1) is 0 Å². The van der Waals surface area contributed by atoms with Crippen molar-refractivity contribution in [2.45, 2.75) is 23.7 Å². The number of ether oxygens (including phenoxy) is 1. The van der Waals surface area contributed by atoms with Gasteiger partial charge in [0.2, 0.25) is 10.0 Å². The summed E-state index contributed by atoms with van der Waals surface area (Å²) in [5, 5.41) is 9.76. The van der Waals surface area contributed by atoms with Gasteiger partial charge in [0.25, 0.3) is 0 Å². The molecule has 1 atom stereocenters. The summed E-state index contributed by atoms with van der Waals surface area (Å²) in [6.07, 6.45) is -4.62. The smallest absolute Gasteiger partial charge is 0.404 e. The van der Waals surface area contributed by atoms with Gasteiger partial charge in [0, 0.05) is 6.54 Å². The fourth-order valence-electron chi connectivity index (χ4n) is 3.10. The van der Waals surface area contributed by atoms with Crippen LogP contribution < -0.4 is 4.74 Å². The van der Waals surface area contributed by atoms with Gasteiger partial charge in [0.05, 0.1) is 12.6 Å². The van der Waals surface area contributed by atoms with Crippen molar-refractivity contribution in [3.8, 4) is 5.75 Å². The molecule has 0 aromatic heterocycles. The Morgan fingerprint density at radius 1 is 1.12 bits per heavy atom. The Balaban J connectivity index is 2.04. The molecular formula is C17H16F3NO4S. The molecule has 0 saturated carbocycles. The largest absolute Gasteiger partial charge is 0.573 e. The minimum atomic E-state index is -5.02. The zero-order chi connectivity index (χ0) is 18.9. The second-order valence-corrected chi connectivity index (χ2v) is 7.62. The lowest BCUT2D eigenvalue weighted by Crippen LogP contribution is -2.41. The van der Waals surface area contributed by atoms with Crippen molar-refractivity contribution in [2.75, 3.05) is 13.2 Å². The standard InChI is InChI=1S/C17H16F3NO4S/c18-17(19,20)25-15-7-3-4-8-16(15)26(23,24)21-10-9-12-5-1-2-6-13(12)14(21)11-22/h1-8,14,22H,9-11H2/t14-/m1/s1. The van der Waals surface area contributed by atoms with Crippen molar-refractivity contribution < 1.29 is 31.4 Å². The third kappa shape index (κ3) is 3.55. The summed E-state index contributed by atoms with van der Waals surface area (Å²) >= 11 is 0. The highest BCUT2D eigenvalue weighted by Crippen LogP contribution is 2.37. The normalized spacial score (nSPS) is 18.4. The monoisotopic (exact) mass is 387 g/mol. The third-order valence-electron chi connectivity index (χ3n) is 4.20. The topological polar surface area (TPSA) is 66.8 Å². The van der Waals surface area contributed by atoms with E-state index in [2.05, 4.69) is 4.74 Å². The van der Waals surface area contributed by atoms with Crippen LogP contribution in [0.25, 0.3) is 0 Å². The molecule has 1 aliphatic rings. The first-order valence-corrected chi connectivity index (χ1v) is 9.23. The lowest BCUT2D eigenvalue weighted by Gasteiger charge is -2.35. The Kier molecular flexibility index (Phi) is 4.96. The lowest BCUT2D eigenvalue weighted by atomic mass is 9.95. The number of halogens is 3. The van der Waals surface area contributed by atoms with E-state index in [1.807, 2.05) is 12.1 Å². The SMILES string of the molecule is O=S(=O)(c1ccccc1OC(F)(F)F)N1CCc2ccccc2[C@H]1CO. The predicted octanol–water partition coefficient (Wildman–Crippen LogP) is 2.87. The molecule has 1 heterocycles. The summed E-state index contributed by atoms with van der Waals surface area (Å²) in [5.41, 5.74) is 1.54. The molecule has 0 radical (unpaired) electrons. The van der Waals surface area contributed by atoms with Gasteiger partial charge in [0.1, 0.15) is 10.6 Å². The van der Waals surface area contributed by atoms with E-state index in [0.717, 1.165) is 22.0 Å². The number of aliphatic hydroxyl groups excluding tert-OH is 1. The molecule has 140 valence electrons. The molecule has 1 aliphatic heterocycles. The average molecular weight is 387 g/mol. The molecule has 2 aromatic rings. The van der Waals surface area contributed by atoms with E-state index in [0.29, 0.717) is 12.0 Å². The van der Waals surface area contributed by atoms with Crippen LogP contribution >= 0.6 is 0 Å². The summed E-state index contributed by atoms with van der Waals surface area (Å²) in [4.78, 5) is -0.588. The number of sulfonamides is 1. The van der Waals surface area contributed by atoms with Gasteiger partial charge in [-0.3, -0.25) is 0 Å². The van der Waals surface area contributed by atoms with E-state index >= 15 is 0 Å². The molecule has 0 saturated heterocycles. The quantitative estimate of drug-likeness (QED) is 0.876. The average Bonchev–Trinajstić information content (AvgIpc) is 2.59. The van der Waals surface area contributed by atoms with Gasteiger partial charge < -0.3 is 9.84 Å². The highest BCUT2D eigenvalue weighted by atomic mass is 32.2. The van der Waals surface area contributed by atoms with E-state index in [1.54, 1.807) is 12.1 Å². The molecule has 0 fully saturated rings. The maximum Gasteiger partial charge on any atom is 0.573 e. The summed E-state index contributed by atoms with van der Waals surface area (Å²) < 4.78 is 68.8. The van der Waals surface area contributed by atoms with Crippen LogP contribution in [-0.2, 0) is 16.4 Å². The van der Waals surface area contributed by atoms with Crippen molar-refractivity contribution in [3.63, 3.8) is 0 Å². The zero-order valence-corrected chi connectivity index (χ0v) is 14.3. The van der Waals surface area contributed by atoms with Crippen LogP contribution in [0.4, 0.5) is 13.2 Å². The molecule has 0 aliphatic carbocycles. The molecular weight excluding hydrogens is 371 g/mol. The summed E-state index contributed by atoms with van der Waals surface area (Å²) in [6, 6.07) is 10.8. The van der Waals surface area contributed by atoms with Gasteiger partial charge in [-0.2, -0.15) is 4.31 Å². The number of alkyl halides is 3. The molecule has 0 spiro atoms. The molecule has 0 unspecified atom stereocenters. The van der Waals surface area contributed by atoms with E-state index in [-0.39, 0.29) is 6.54 Å². The maximum atomic E-state index is 13.0. The molecule has 1 N–H and O–H groups in total. The number of benzene rings is 2. The summed E-state index contributed by atoms with van der Waals surface area (Å²) in [5.74, 6) is -0.796. The zero-order valence-electron chi connectivity index (χ0n) is 13.5. The first-order valence-electron chi connectivity index (χ1n) is 7.79. The van der Waals surface area contributed by atoms with Crippen LogP contribution in [0.2, 0.25) is 0 Å². The van der Waals surface area contributed by atoms with Gasteiger partial charge in [-0.1, -0.05) is 36.4 Å². The molecule has 3 rings (SSSR count). The fraction of sp³-hybridized carbons (Fsp3) is 0.294. The maximum absolute atomic E-state index is 13.0. The number of rotatable bonds is 4. The molecule has 9 heteroatoms. The Hall–Kier alpha value is -2.10. The van der Waals surface area contributed by atoms with Crippen LogP contribution in [-0.4, -0.2) is 37.3 Å². The first-order chi connectivity index (χ1) is 12.2. The van der Waals surface area contributed by atoms with Crippen molar-refractivity contribution in [1.82, 2.24) is 4.31 Å². The van der Waals surface area contributed by atoms with Gasteiger partial charge in [0.15, 0.2) is 0 Å². The minimum Gasteiger partial charge on any atom is -0.404 e. The van der Waals surface area contributed by atoms with Gasteiger partial charge in [-0.15, -0.1) is 13.2 Å². The molecule has 5 nitrogen and oxygen atoms in total. The number of para-hydroxylation sites is 1. The predicted molar refractivity (Wildman–Crippen MR) is 87.0 cm³/mol. The number of hydrogen-bond acceptors (Lipinski definition) is 4. The number of hydrogen-bond donors (Lipinski definition) is 1. The second kappa shape index (κ2) is 6.90. The first kappa shape index (κ1) is 18.7. The minimum absolute atomic E-state index is 0.0466. The molecule has 26 heavy (non-hydrogen) atoms. The third-order valence-corrected chi connectivity index (χ3v) is 6.15. The van der Waals surface area contributed by atoms with Crippen molar-refractivity contribution in [1.29, 1.82) is 0 Å². The van der Waals surface area contributed by atoms with Gasteiger partial charge in [-0.05, 0) is 29.7 Å². The number of nitrogens with zero attached hydrogens (tertiary/aromatic N) is 1. The Morgan fingerprint density at radius 3 is 2.46 bits per heavy atom. The van der Waals surface area contributed by atoms with E-state index in [4.69, 9.17) is 0 Å². The van der Waals surface area contributed by atoms with Crippen LogP contribution in [0.3, 0.4) is 0 Å². The van der Waals surface area contributed by atoms with E-state index in [1.165, 1.54) is 12.1 Å². The Labute approximate surface area is 148 Å². The summed E-state index contributed by atoms with van der Waals surface area (Å²) in [6.45, 7) is -0.441. The van der Waals surface area contributed by atoms with E-state index in [9.17, 15) is 26.7 Å². The fourth-order valence-corrected chi connectivity index (χ4v) is 4.82. The highest BCUT2D eigenvalue weighted by Gasteiger charge is 2.39. The van der Waals surface area contributed by atoms with Crippen LogP contribution in [0.5, 0.6) is 5.75 Å². The highest BCUT2D eigenvalue weighted by molar-refractivity contribution is 7.89. The lowest BCUT2D eigenvalue weighted by molar-refractivity contribution is -0.275. The molecule has 0 amide bonds. The number of aliphatic hydroxyl groups is 1. The second-order valence-electron chi connectivity index (χ2n) is 5.76.